The van der Waals surface area contributed by atoms with Crippen LogP contribution in [0.5, 0.6) is 0 Å². The molecule has 1 aromatic heterocycles. The maximum absolute atomic E-state index is 5.94. The minimum absolute atomic E-state index is 0.632. The molecular weight excluding hydrogens is 198 g/mol. The number of pyridine rings is 1. The lowest BCUT2D eigenvalue weighted by molar-refractivity contribution is 0.483. The highest BCUT2D eigenvalue weighted by molar-refractivity contribution is 5.98. The molecule has 0 bridgehead atoms. The summed E-state index contributed by atoms with van der Waals surface area (Å²) < 4.78 is 0. The Bertz CT molecular complexity index is 536. The van der Waals surface area contributed by atoms with Crippen molar-refractivity contribution >= 4 is 22.3 Å². The number of hydrogen-bond donors (Lipinski definition) is 1. The summed E-state index contributed by atoms with van der Waals surface area (Å²) in [5.74, 6) is 0. The predicted molar refractivity (Wildman–Crippen MR) is 67.6 cm³/mol. The highest BCUT2D eigenvalue weighted by atomic mass is 15.2. The van der Waals surface area contributed by atoms with Gasteiger partial charge in [-0.25, -0.2) is 0 Å². The molecule has 0 saturated carbocycles. The zero-order chi connectivity index (χ0) is 11.1. The van der Waals surface area contributed by atoms with Crippen molar-refractivity contribution in [3.8, 4) is 0 Å². The Morgan fingerprint density at radius 2 is 2.25 bits per heavy atom. The maximum atomic E-state index is 5.94. The van der Waals surface area contributed by atoms with E-state index in [-0.39, 0.29) is 0 Å². The summed E-state index contributed by atoms with van der Waals surface area (Å²) in [5, 5.41) is 1.16. The predicted octanol–water partition coefficient (Wildman–Crippen LogP) is 2.42. The molecule has 1 saturated heterocycles. The molecule has 16 heavy (non-hydrogen) atoms. The molecule has 2 N–H and O–H groups in total. The van der Waals surface area contributed by atoms with Gasteiger partial charge < -0.3 is 10.6 Å². The molecule has 82 valence electrons. The van der Waals surface area contributed by atoms with Crippen molar-refractivity contribution < 1.29 is 0 Å². The van der Waals surface area contributed by atoms with Crippen LogP contribution in [0.4, 0.5) is 11.4 Å². The zero-order valence-corrected chi connectivity index (χ0v) is 9.35. The van der Waals surface area contributed by atoms with Gasteiger partial charge in [0.05, 0.1) is 11.2 Å². The molecule has 2 heterocycles. The molecule has 0 aliphatic carbocycles. The molecule has 1 fully saturated rings. The molecule has 3 nitrogen and oxygen atoms in total. The average molecular weight is 213 g/mol. The Balaban J connectivity index is 2.22. The van der Waals surface area contributed by atoms with Crippen molar-refractivity contribution in [1.29, 1.82) is 0 Å². The van der Waals surface area contributed by atoms with E-state index in [0.29, 0.717) is 6.04 Å². The normalized spacial score (nSPS) is 19.8. The molecule has 1 aliphatic rings. The van der Waals surface area contributed by atoms with Gasteiger partial charge in [-0.1, -0.05) is 0 Å². The van der Waals surface area contributed by atoms with Crippen LogP contribution in [0.25, 0.3) is 10.9 Å². The largest absolute Gasteiger partial charge is 0.397 e. The number of fused-ring (bicyclic) bond motifs is 1. The lowest BCUT2D eigenvalue weighted by atomic mass is 10.0. The molecule has 3 rings (SSSR count). The number of benzene rings is 1. The number of nitrogen functional groups attached to an aromatic ring is 1. The third kappa shape index (κ3) is 1.24. The molecule has 0 amide bonds. The second-order valence-corrected chi connectivity index (χ2v) is 4.40. The van der Waals surface area contributed by atoms with Crippen molar-refractivity contribution in [1.82, 2.24) is 4.98 Å². The Morgan fingerprint density at radius 1 is 1.38 bits per heavy atom. The number of nitrogens with two attached hydrogens (primary N) is 1. The Kier molecular flexibility index (Phi) is 1.99. The molecule has 1 unspecified atom stereocenters. The zero-order valence-electron chi connectivity index (χ0n) is 9.35. The van der Waals surface area contributed by atoms with Gasteiger partial charge in [-0.3, -0.25) is 4.98 Å². The van der Waals surface area contributed by atoms with E-state index in [2.05, 4.69) is 28.9 Å². The molecule has 0 radical (unpaired) electrons. The first-order valence-electron chi connectivity index (χ1n) is 5.67. The molecule has 0 spiro atoms. The monoisotopic (exact) mass is 213 g/mol. The molecule has 3 heteroatoms. The number of hydrogen-bond acceptors (Lipinski definition) is 3. The lowest BCUT2D eigenvalue weighted by Gasteiger charge is -2.41. The van der Waals surface area contributed by atoms with Crippen molar-refractivity contribution in [3.63, 3.8) is 0 Å². The van der Waals surface area contributed by atoms with Crippen LogP contribution in [0.1, 0.15) is 13.3 Å². The van der Waals surface area contributed by atoms with Gasteiger partial charge in [0, 0.05) is 29.9 Å². The topological polar surface area (TPSA) is 42.1 Å². The van der Waals surface area contributed by atoms with Crippen molar-refractivity contribution in [2.45, 2.75) is 19.4 Å². The first-order chi connectivity index (χ1) is 7.77. The van der Waals surface area contributed by atoms with Crippen molar-refractivity contribution in [2.24, 2.45) is 0 Å². The average Bonchev–Trinajstić information content (AvgIpc) is 2.31. The first kappa shape index (κ1) is 9.46. The van der Waals surface area contributed by atoms with E-state index in [0.717, 1.165) is 23.1 Å². The molecule has 2 aromatic rings. The molecule has 1 aromatic carbocycles. The third-order valence-electron chi connectivity index (χ3n) is 3.41. The smallest absolute Gasteiger partial charge is 0.0951 e. The summed E-state index contributed by atoms with van der Waals surface area (Å²) in [4.78, 5) is 6.76. The van der Waals surface area contributed by atoms with Crippen LogP contribution >= 0.6 is 0 Å². The summed E-state index contributed by atoms with van der Waals surface area (Å²) in [6.45, 7) is 3.39. The first-order valence-corrected chi connectivity index (χ1v) is 5.67. The van der Waals surface area contributed by atoms with Crippen molar-refractivity contribution in [2.75, 3.05) is 17.2 Å². The van der Waals surface area contributed by atoms with Gasteiger partial charge in [-0.05, 0) is 37.6 Å². The molecule has 1 atom stereocenters. The number of anilines is 2. The summed E-state index contributed by atoms with van der Waals surface area (Å²) in [7, 11) is 0. The van der Waals surface area contributed by atoms with Crippen LogP contribution < -0.4 is 10.6 Å². The fourth-order valence-electron chi connectivity index (χ4n) is 2.30. The number of rotatable bonds is 1. The van der Waals surface area contributed by atoms with E-state index < -0.39 is 0 Å². The van der Waals surface area contributed by atoms with Crippen LogP contribution in [-0.2, 0) is 0 Å². The highest BCUT2D eigenvalue weighted by Gasteiger charge is 2.25. The highest BCUT2D eigenvalue weighted by Crippen LogP contribution is 2.34. The Hall–Kier alpha value is -1.77. The van der Waals surface area contributed by atoms with Gasteiger partial charge in [0.25, 0.3) is 0 Å². The summed E-state index contributed by atoms with van der Waals surface area (Å²) in [6.07, 6.45) is 3.06. The number of aromatic nitrogens is 1. The van der Waals surface area contributed by atoms with Gasteiger partial charge in [-0.2, -0.15) is 0 Å². The minimum atomic E-state index is 0.632. The van der Waals surface area contributed by atoms with Crippen LogP contribution in [0, 0.1) is 0 Å². The van der Waals surface area contributed by atoms with Crippen LogP contribution in [0.15, 0.2) is 30.5 Å². The van der Waals surface area contributed by atoms with Crippen molar-refractivity contribution in [3.05, 3.63) is 30.5 Å². The van der Waals surface area contributed by atoms with E-state index in [1.54, 1.807) is 6.20 Å². The van der Waals surface area contributed by atoms with E-state index >= 15 is 0 Å². The summed E-state index contributed by atoms with van der Waals surface area (Å²) in [6, 6.07) is 8.76. The lowest BCUT2D eigenvalue weighted by Crippen LogP contribution is -2.45. The molecular formula is C13H15N3. The standard InChI is InChI=1S/C13H15N3/c1-9-6-8-16(9)12-5-4-11(14)13-10(12)3-2-7-15-13/h2-5,7,9H,6,8,14H2,1H3. The van der Waals surface area contributed by atoms with Gasteiger partial charge >= 0.3 is 0 Å². The van der Waals surface area contributed by atoms with Gasteiger partial charge in [0.2, 0.25) is 0 Å². The summed E-state index contributed by atoms with van der Waals surface area (Å²) >= 11 is 0. The Labute approximate surface area is 94.9 Å². The second-order valence-electron chi connectivity index (χ2n) is 4.40. The van der Waals surface area contributed by atoms with Crippen LogP contribution in [0.3, 0.4) is 0 Å². The van der Waals surface area contributed by atoms with Crippen LogP contribution in [-0.4, -0.2) is 17.6 Å². The maximum Gasteiger partial charge on any atom is 0.0951 e. The van der Waals surface area contributed by atoms with E-state index in [1.165, 1.54) is 12.1 Å². The SMILES string of the molecule is CC1CCN1c1ccc(N)c2ncccc12. The third-order valence-corrected chi connectivity index (χ3v) is 3.41. The second kappa shape index (κ2) is 3.37. The quantitative estimate of drug-likeness (QED) is 0.740. The fraction of sp³-hybridized carbons (Fsp3) is 0.308. The summed E-state index contributed by atoms with van der Waals surface area (Å²) in [5.41, 5.74) is 8.87. The molecule has 1 aliphatic heterocycles. The van der Waals surface area contributed by atoms with Gasteiger partial charge in [0.1, 0.15) is 0 Å². The Morgan fingerprint density at radius 3 is 2.94 bits per heavy atom. The fourth-order valence-corrected chi connectivity index (χ4v) is 2.30. The number of nitrogens with zero attached hydrogens (tertiary/aromatic N) is 2. The van der Waals surface area contributed by atoms with E-state index in [4.69, 9.17) is 5.73 Å². The van der Waals surface area contributed by atoms with E-state index in [1.807, 2.05) is 12.1 Å². The van der Waals surface area contributed by atoms with E-state index in [9.17, 15) is 0 Å². The van der Waals surface area contributed by atoms with Crippen LogP contribution in [0.2, 0.25) is 0 Å². The minimum Gasteiger partial charge on any atom is -0.397 e. The van der Waals surface area contributed by atoms with Gasteiger partial charge in [0.15, 0.2) is 0 Å². The van der Waals surface area contributed by atoms with Gasteiger partial charge in [-0.15, -0.1) is 0 Å².